The van der Waals surface area contributed by atoms with E-state index in [2.05, 4.69) is 0 Å². The van der Waals surface area contributed by atoms with Gasteiger partial charge in [-0.15, -0.1) is 0 Å². The van der Waals surface area contributed by atoms with E-state index in [1.807, 2.05) is 17.0 Å². The molecule has 0 amide bonds. The summed E-state index contributed by atoms with van der Waals surface area (Å²) in [5.41, 5.74) is 7.39. The van der Waals surface area contributed by atoms with E-state index in [0.29, 0.717) is 18.0 Å². The topological polar surface area (TPSA) is 72.6 Å². The molecule has 0 aliphatic carbocycles. The molecule has 1 heterocycles. The van der Waals surface area contributed by atoms with Crippen LogP contribution in [0.5, 0.6) is 5.75 Å². The second-order valence-electron chi connectivity index (χ2n) is 4.90. The maximum atomic E-state index is 11.9. The highest BCUT2D eigenvalue weighted by atomic mass is 32.2. The van der Waals surface area contributed by atoms with Gasteiger partial charge in [-0.3, -0.25) is 4.90 Å². The minimum atomic E-state index is -3.09. The molecule has 2 N–H and O–H groups in total. The highest BCUT2D eigenvalue weighted by Crippen LogP contribution is 2.27. The predicted octanol–water partition coefficient (Wildman–Crippen LogP) is 1.20. The molecular weight excluding hydrogens is 296 g/mol. The number of sulfone groups is 1. The molecule has 7 heteroatoms. The number of methoxy groups -OCH3 is 1. The molecule has 1 fully saturated rings. The Balaban J connectivity index is 2.25. The molecule has 1 aromatic carbocycles. The smallest absolute Gasteiger partial charge is 0.164 e. The summed E-state index contributed by atoms with van der Waals surface area (Å²) >= 11 is 1.68. The summed E-state index contributed by atoms with van der Waals surface area (Å²) in [6, 6.07) is 5.45. The number of hydrogen-bond donors (Lipinski definition) is 1. The first-order valence-electron chi connectivity index (χ1n) is 6.35. The minimum Gasteiger partial charge on any atom is -0.496 e. The first-order valence-corrected chi connectivity index (χ1v) is 9.46. The molecule has 0 bridgehead atoms. The predicted molar refractivity (Wildman–Crippen MR) is 83.8 cm³/mol. The van der Waals surface area contributed by atoms with Gasteiger partial charge in [0.05, 0.1) is 7.11 Å². The number of nitrogens with two attached hydrogens (primary N) is 1. The van der Waals surface area contributed by atoms with Crippen molar-refractivity contribution < 1.29 is 13.2 Å². The minimum absolute atomic E-state index is 0.438. The molecule has 1 aromatic rings. The van der Waals surface area contributed by atoms with Crippen molar-refractivity contribution in [1.29, 1.82) is 0 Å². The first kappa shape index (κ1) is 15.5. The molecule has 5 nitrogen and oxygen atoms in total. The monoisotopic (exact) mass is 316 g/mol. The van der Waals surface area contributed by atoms with Crippen LogP contribution in [-0.2, 0) is 16.4 Å². The van der Waals surface area contributed by atoms with Crippen molar-refractivity contribution in [3.8, 4) is 5.75 Å². The molecule has 1 aliphatic rings. The number of rotatable bonds is 4. The zero-order valence-electron chi connectivity index (χ0n) is 11.7. The van der Waals surface area contributed by atoms with Gasteiger partial charge >= 0.3 is 0 Å². The van der Waals surface area contributed by atoms with Gasteiger partial charge in [-0.25, -0.2) is 8.42 Å². The summed E-state index contributed by atoms with van der Waals surface area (Å²) < 4.78 is 29.1. The summed E-state index contributed by atoms with van der Waals surface area (Å²) in [7, 11) is -1.49. The average Bonchev–Trinajstić information content (AvgIpc) is 2.38. The molecule has 2 rings (SSSR count). The molecule has 20 heavy (non-hydrogen) atoms. The van der Waals surface area contributed by atoms with Crippen molar-refractivity contribution in [2.45, 2.75) is 11.9 Å². The van der Waals surface area contributed by atoms with Crippen LogP contribution in [-0.4, -0.2) is 50.1 Å². The highest BCUT2D eigenvalue weighted by Gasteiger charge is 2.31. The Morgan fingerprint density at radius 1 is 1.50 bits per heavy atom. The van der Waals surface area contributed by atoms with Gasteiger partial charge in [-0.2, -0.15) is 11.8 Å². The van der Waals surface area contributed by atoms with Crippen LogP contribution in [0.4, 0.5) is 5.69 Å². The molecular formula is C13H20N2O3S2. The molecule has 1 aliphatic heterocycles. The second kappa shape index (κ2) is 6.24. The Morgan fingerprint density at radius 3 is 2.90 bits per heavy atom. The molecule has 0 aromatic heterocycles. The Kier molecular flexibility index (Phi) is 4.82. The SMILES string of the molecule is COc1ccc(N)cc1CN1CCSCC1S(C)(=O)=O. The number of thioether (sulfide) groups is 1. The number of ether oxygens (including phenoxy) is 1. The quantitative estimate of drug-likeness (QED) is 0.842. The summed E-state index contributed by atoms with van der Waals surface area (Å²) in [6.45, 7) is 1.28. The van der Waals surface area contributed by atoms with Gasteiger partial charge in [-0.1, -0.05) is 0 Å². The molecule has 0 radical (unpaired) electrons. The van der Waals surface area contributed by atoms with Crippen LogP contribution in [0, 0.1) is 0 Å². The first-order chi connectivity index (χ1) is 9.41. The summed E-state index contributed by atoms with van der Waals surface area (Å²) in [5, 5.41) is -0.438. The maximum Gasteiger partial charge on any atom is 0.164 e. The zero-order valence-corrected chi connectivity index (χ0v) is 13.3. The van der Waals surface area contributed by atoms with Crippen molar-refractivity contribution in [3.63, 3.8) is 0 Å². The van der Waals surface area contributed by atoms with Crippen LogP contribution < -0.4 is 10.5 Å². The Labute approximate surface area is 124 Å². The molecule has 112 valence electrons. The summed E-state index contributed by atoms with van der Waals surface area (Å²) in [6.07, 6.45) is 1.30. The molecule has 0 saturated carbocycles. The van der Waals surface area contributed by atoms with Gasteiger partial charge < -0.3 is 10.5 Å². The standard InChI is InChI=1S/C13H20N2O3S2/c1-18-12-4-3-11(14)7-10(12)8-15-5-6-19-9-13(15)20(2,16)17/h3-4,7,13H,5-6,8-9,14H2,1-2H3. The third kappa shape index (κ3) is 3.59. The fourth-order valence-corrected chi connectivity index (χ4v) is 5.27. The van der Waals surface area contributed by atoms with Gasteiger partial charge in [0.1, 0.15) is 11.1 Å². The highest BCUT2D eigenvalue weighted by molar-refractivity contribution is 8.00. The molecule has 1 atom stereocenters. The Morgan fingerprint density at radius 2 is 2.25 bits per heavy atom. The third-order valence-corrected chi connectivity index (χ3v) is 6.05. The zero-order chi connectivity index (χ0) is 14.8. The van der Waals surface area contributed by atoms with Crippen LogP contribution in [0.3, 0.4) is 0 Å². The van der Waals surface area contributed by atoms with E-state index in [9.17, 15) is 8.42 Å². The van der Waals surface area contributed by atoms with Crippen molar-refractivity contribution in [3.05, 3.63) is 23.8 Å². The van der Waals surface area contributed by atoms with Crippen LogP contribution in [0.2, 0.25) is 0 Å². The van der Waals surface area contributed by atoms with Gasteiger partial charge in [0.25, 0.3) is 0 Å². The van der Waals surface area contributed by atoms with Crippen LogP contribution in [0.15, 0.2) is 18.2 Å². The molecule has 1 unspecified atom stereocenters. The number of nitrogens with zero attached hydrogens (tertiary/aromatic N) is 1. The molecule has 1 saturated heterocycles. The second-order valence-corrected chi connectivity index (χ2v) is 8.25. The lowest BCUT2D eigenvalue weighted by atomic mass is 10.1. The van der Waals surface area contributed by atoms with E-state index in [0.717, 1.165) is 23.6 Å². The van der Waals surface area contributed by atoms with E-state index in [4.69, 9.17) is 10.5 Å². The fourth-order valence-electron chi connectivity index (χ4n) is 2.33. The maximum absolute atomic E-state index is 11.9. The van der Waals surface area contributed by atoms with Crippen LogP contribution in [0.25, 0.3) is 0 Å². The van der Waals surface area contributed by atoms with Crippen LogP contribution >= 0.6 is 11.8 Å². The van der Waals surface area contributed by atoms with E-state index < -0.39 is 15.2 Å². The van der Waals surface area contributed by atoms with Crippen molar-refractivity contribution >= 4 is 27.3 Å². The molecule has 0 spiro atoms. The Hall–Kier alpha value is -0.920. The lowest BCUT2D eigenvalue weighted by molar-refractivity contribution is 0.258. The number of nitrogen functional groups attached to an aromatic ring is 1. The third-order valence-electron chi connectivity index (χ3n) is 3.36. The number of anilines is 1. The summed E-state index contributed by atoms with van der Waals surface area (Å²) in [5.74, 6) is 2.30. The average molecular weight is 316 g/mol. The van der Waals surface area contributed by atoms with Crippen LogP contribution in [0.1, 0.15) is 5.56 Å². The summed E-state index contributed by atoms with van der Waals surface area (Å²) in [4.78, 5) is 1.99. The van der Waals surface area contributed by atoms with E-state index >= 15 is 0 Å². The Bertz CT molecular complexity index is 575. The van der Waals surface area contributed by atoms with E-state index in [-0.39, 0.29) is 0 Å². The number of benzene rings is 1. The van der Waals surface area contributed by atoms with Crippen molar-refractivity contribution in [2.75, 3.05) is 37.1 Å². The van der Waals surface area contributed by atoms with E-state index in [1.165, 1.54) is 6.26 Å². The van der Waals surface area contributed by atoms with Crippen molar-refractivity contribution in [2.24, 2.45) is 0 Å². The largest absolute Gasteiger partial charge is 0.496 e. The van der Waals surface area contributed by atoms with Gasteiger partial charge in [0.15, 0.2) is 9.84 Å². The van der Waals surface area contributed by atoms with Crippen molar-refractivity contribution in [1.82, 2.24) is 4.90 Å². The lowest BCUT2D eigenvalue weighted by Gasteiger charge is -2.34. The van der Waals surface area contributed by atoms with Gasteiger partial charge in [0, 0.05) is 42.1 Å². The normalized spacial score (nSPS) is 20.8. The van der Waals surface area contributed by atoms with E-state index in [1.54, 1.807) is 24.9 Å². The van der Waals surface area contributed by atoms with Gasteiger partial charge in [-0.05, 0) is 18.2 Å². The number of hydrogen-bond acceptors (Lipinski definition) is 6. The fraction of sp³-hybridized carbons (Fsp3) is 0.538. The lowest BCUT2D eigenvalue weighted by Crippen LogP contribution is -2.46. The van der Waals surface area contributed by atoms with Gasteiger partial charge in [0.2, 0.25) is 0 Å².